The van der Waals surface area contributed by atoms with Crippen molar-refractivity contribution in [1.82, 2.24) is 16.0 Å². The van der Waals surface area contributed by atoms with Gasteiger partial charge in [-0.3, -0.25) is 14.4 Å². The summed E-state index contributed by atoms with van der Waals surface area (Å²) in [6.07, 6.45) is 1.76. The highest BCUT2D eigenvalue weighted by molar-refractivity contribution is 5.87. The number of aliphatic carboxylic acids is 1. The van der Waals surface area contributed by atoms with Gasteiger partial charge in [0.2, 0.25) is 11.8 Å². The molecule has 1 saturated heterocycles. The number of hydrogen-bond donors (Lipinski definition) is 4. The van der Waals surface area contributed by atoms with Gasteiger partial charge >= 0.3 is 5.97 Å². The van der Waals surface area contributed by atoms with Gasteiger partial charge in [-0.15, -0.1) is 0 Å². The fourth-order valence-electron chi connectivity index (χ4n) is 1.62. The van der Waals surface area contributed by atoms with E-state index in [1.165, 1.54) is 0 Å². The van der Waals surface area contributed by atoms with Gasteiger partial charge in [-0.25, -0.2) is 0 Å². The van der Waals surface area contributed by atoms with Crippen molar-refractivity contribution in [2.45, 2.75) is 12.8 Å². The Morgan fingerprint density at radius 1 is 1.24 bits per heavy atom. The molecular formula is C10H17N3O4. The number of carboxylic acids is 1. The molecule has 1 heterocycles. The zero-order chi connectivity index (χ0) is 12.7. The molecule has 2 amide bonds. The van der Waals surface area contributed by atoms with Crippen molar-refractivity contribution in [1.29, 1.82) is 0 Å². The summed E-state index contributed by atoms with van der Waals surface area (Å²) >= 11 is 0. The SMILES string of the molecule is O=C(O)CNC(=O)CNC(=O)[C@@H]1CCCNC1. The number of piperidine rings is 1. The highest BCUT2D eigenvalue weighted by Gasteiger charge is 2.20. The molecule has 1 atom stereocenters. The number of hydrogen-bond acceptors (Lipinski definition) is 4. The van der Waals surface area contributed by atoms with Crippen LogP contribution in [0, 0.1) is 5.92 Å². The van der Waals surface area contributed by atoms with Gasteiger partial charge in [0, 0.05) is 6.54 Å². The van der Waals surface area contributed by atoms with E-state index in [0.717, 1.165) is 19.4 Å². The minimum Gasteiger partial charge on any atom is -0.480 e. The summed E-state index contributed by atoms with van der Waals surface area (Å²) in [5.74, 6) is -1.87. The normalized spacial score (nSPS) is 19.4. The molecule has 1 fully saturated rings. The maximum atomic E-state index is 11.6. The number of rotatable bonds is 5. The van der Waals surface area contributed by atoms with Crippen molar-refractivity contribution in [2.24, 2.45) is 5.92 Å². The second kappa shape index (κ2) is 6.85. The number of carbonyl (C=O) groups excluding carboxylic acids is 2. The molecule has 0 aromatic carbocycles. The van der Waals surface area contributed by atoms with Crippen LogP contribution in [-0.2, 0) is 14.4 Å². The summed E-state index contributed by atoms with van der Waals surface area (Å²) in [5, 5.41) is 16.1. The van der Waals surface area contributed by atoms with Crippen LogP contribution in [0.2, 0.25) is 0 Å². The molecule has 7 nitrogen and oxygen atoms in total. The van der Waals surface area contributed by atoms with Gasteiger partial charge in [0.25, 0.3) is 0 Å². The minimum atomic E-state index is -1.11. The Morgan fingerprint density at radius 2 is 2.00 bits per heavy atom. The van der Waals surface area contributed by atoms with Crippen LogP contribution >= 0.6 is 0 Å². The molecule has 4 N–H and O–H groups in total. The van der Waals surface area contributed by atoms with Crippen molar-refractivity contribution in [3.8, 4) is 0 Å². The summed E-state index contributed by atoms with van der Waals surface area (Å²) in [4.78, 5) is 32.9. The lowest BCUT2D eigenvalue weighted by Crippen LogP contribution is -2.44. The van der Waals surface area contributed by atoms with E-state index in [2.05, 4.69) is 16.0 Å². The summed E-state index contributed by atoms with van der Waals surface area (Å²) in [5.41, 5.74) is 0. The van der Waals surface area contributed by atoms with Crippen molar-refractivity contribution < 1.29 is 19.5 Å². The molecule has 0 aliphatic carbocycles. The predicted molar refractivity (Wildman–Crippen MR) is 59.2 cm³/mol. The highest BCUT2D eigenvalue weighted by Crippen LogP contribution is 2.09. The van der Waals surface area contributed by atoms with Gasteiger partial charge < -0.3 is 21.1 Å². The van der Waals surface area contributed by atoms with E-state index < -0.39 is 18.4 Å². The highest BCUT2D eigenvalue weighted by atomic mass is 16.4. The third kappa shape index (κ3) is 5.30. The standard InChI is InChI=1S/C10H17N3O4/c14-8(12-6-9(15)16)5-13-10(17)7-2-1-3-11-4-7/h7,11H,1-6H2,(H,12,14)(H,13,17)(H,15,16)/t7-/m1/s1. The quantitative estimate of drug-likeness (QED) is 0.460. The van der Waals surface area contributed by atoms with Crippen molar-refractivity contribution in [2.75, 3.05) is 26.2 Å². The van der Waals surface area contributed by atoms with E-state index in [0.29, 0.717) is 6.54 Å². The first kappa shape index (κ1) is 13.4. The van der Waals surface area contributed by atoms with E-state index in [1.54, 1.807) is 0 Å². The van der Waals surface area contributed by atoms with Gasteiger partial charge in [0.15, 0.2) is 0 Å². The smallest absolute Gasteiger partial charge is 0.322 e. The first-order valence-corrected chi connectivity index (χ1v) is 5.56. The fraction of sp³-hybridized carbons (Fsp3) is 0.700. The Bertz CT molecular complexity index is 300. The van der Waals surface area contributed by atoms with Gasteiger partial charge in [-0.1, -0.05) is 0 Å². The lowest BCUT2D eigenvalue weighted by atomic mass is 9.99. The Labute approximate surface area is 98.9 Å². The Morgan fingerprint density at radius 3 is 2.59 bits per heavy atom. The van der Waals surface area contributed by atoms with Crippen LogP contribution in [0.3, 0.4) is 0 Å². The molecule has 0 bridgehead atoms. The van der Waals surface area contributed by atoms with Crippen LogP contribution in [0.1, 0.15) is 12.8 Å². The molecule has 1 aliphatic rings. The lowest BCUT2D eigenvalue weighted by Gasteiger charge is -2.21. The predicted octanol–water partition coefficient (Wildman–Crippen LogP) is -1.70. The van der Waals surface area contributed by atoms with E-state index in [-0.39, 0.29) is 18.4 Å². The third-order valence-corrected chi connectivity index (χ3v) is 2.53. The van der Waals surface area contributed by atoms with Crippen LogP contribution in [0.5, 0.6) is 0 Å². The van der Waals surface area contributed by atoms with Crippen LogP contribution in [-0.4, -0.2) is 49.1 Å². The summed E-state index contributed by atoms with van der Waals surface area (Å²) in [6, 6.07) is 0. The average Bonchev–Trinajstić information content (AvgIpc) is 2.34. The molecule has 96 valence electrons. The molecule has 0 spiro atoms. The van der Waals surface area contributed by atoms with Gasteiger partial charge in [-0.05, 0) is 19.4 Å². The largest absolute Gasteiger partial charge is 0.480 e. The van der Waals surface area contributed by atoms with Crippen LogP contribution in [0.15, 0.2) is 0 Å². The summed E-state index contributed by atoms with van der Waals surface area (Å²) in [6.45, 7) is 0.938. The maximum Gasteiger partial charge on any atom is 0.322 e. The molecular weight excluding hydrogens is 226 g/mol. The first-order chi connectivity index (χ1) is 8.09. The molecule has 1 rings (SSSR count). The van der Waals surface area contributed by atoms with Gasteiger partial charge in [0.05, 0.1) is 12.5 Å². The molecule has 0 unspecified atom stereocenters. The molecule has 7 heteroatoms. The van der Waals surface area contributed by atoms with E-state index in [4.69, 9.17) is 5.11 Å². The summed E-state index contributed by atoms with van der Waals surface area (Å²) in [7, 11) is 0. The molecule has 0 aromatic rings. The second-order valence-corrected chi connectivity index (χ2v) is 3.93. The molecule has 17 heavy (non-hydrogen) atoms. The zero-order valence-electron chi connectivity index (χ0n) is 9.49. The zero-order valence-corrected chi connectivity index (χ0v) is 9.49. The van der Waals surface area contributed by atoms with Crippen LogP contribution < -0.4 is 16.0 Å². The molecule has 1 aliphatic heterocycles. The Hall–Kier alpha value is -1.63. The number of nitrogens with one attached hydrogen (secondary N) is 3. The Kier molecular flexibility index (Phi) is 5.41. The van der Waals surface area contributed by atoms with E-state index >= 15 is 0 Å². The fourth-order valence-corrected chi connectivity index (χ4v) is 1.62. The average molecular weight is 243 g/mol. The number of carboxylic acid groups (broad SMARTS) is 1. The Balaban J connectivity index is 2.18. The minimum absolute atomic E-state index is 0.101. The van der Waals surface area contributed by atoms with Crippen LogP contribution in [0.25, 0.3) is 0 Å². The maximum absolute atomic E-state index is 11.6. The monoisotopic (exact) mass is 243 g/mol. The molecule has 0 radical (unpaired) electrons. The third-order valence-electron chi connectivity index (χ3n) is 2.53. The number of carbonyl (C=O) groups is 3. The van der Waals surface area contributed by atoms with Gasteiger partial charge in [0.1, 0.15) is 6.54 Å². The van der Waals surface area contributed by atoms with Crippen molar-refractivity contribution in [3.63, 3.8) is 0 Å². The van der Waals surface area contributed by atoms with Crippen LogP contribution in [0.4, 0.5) is 0 Å². The summed E-state index contributed by atoms with van der Waals surface area (Å²) < 4.78 is 0. The molecule has 0 saturated carbocycles. The van der Waals surface area contributed by atoms with Gasteiger partial charge in [-0.2, -0.15) is 0 Å². The molecule has 0 aromatic heterocycles. The van der Waals surface area contributed by atoms with E-state index in [9.17, 15) is 14.4 Å². The first-order valence-electron chi connectivity index (χ1n) is 5.56. The number of amides is 2. The van der Waals surface area contributed by atoms with Crippen molar-refractivity contribution in [3.05, 3.63) is 0 Å². The lowest BCUT2D eigenvalue weighted by molar-refractivity contribution is -0.137. The van der Waals surface area contributed by atoms with Crippen molar-refractivity contribution >= 4 is 17.8 Å². The second-order valence-electron chi connectivity index (χ2n) is 3.93. The topological polar surface area (TPSA) is 108 Å². The van der Waals surface area contributed by atoms with E-state index in [1.807, 2.05) is 0 Å².